The molecule has 3 rings (SSSR count). The van der Waals surface area contributed by atoms with Gasteiger partial charge in [-0.15, -0.1) is 0 Å². The van der Waals surface area contributed by atoms with Crippen molar-refractivity contribution < 1.29 is 9.59 Å². The molecule has 0 unspecified atom stereocenters. The zero-order valence-electron chi connectivity index (χ0n) is 14.9. The van der Waals surface area contributed by atoms with Crippen LogP contribution in [0, 0.1) is 0 Å². The first-order valence-electron chi connectivity index (χ1n) is 8.94. The maximum atomic E-state index is 11.9. The summed E-state index contributed by atoms with van der Waals surface area (Å²) in [6.07, 6.45) is 3.18. The van der Waals surface area contributed by atoms with E-state index >= 15 is 0 Å². The van der Waals surface area contributed by atoms with Gasteiger partial charge in [0.15, 0.2) is 0 Å². The third-order valence-corrected chi connectivity index (χ3v) is 4.57. The molecule has 5 nitrogen and oxygen atoms in total. The number of carbonyl (C=O) groups is 2. The molecule has 0 saturated heterocycles. The molecule has 6 heteroatoms. The molecule has 0 aliphatic rings. The minimum atomic E-state index is -0.276. The fourth-order valence-corrected chi connectivity index (χ4v) is 3.20. The molecule has 3 N–H and O–H groups in total. The SMILES string of the molecule is O=C(CC(=O)NCCc1c[nH]c2ccccc12)NCCc1cccc(Cl)c1. The van der Waals surface area contributed by atoms with Crippen molar-refractivity contribution in [3.63, 3.8) is 0 Å². The van der Waals surface area contributed by atoms with Crippen LogP contribution in [0.2, 0.25) is 5.02 Å². The normalized spacial score (nSPS) is 10.7. The lowest BCUT2D eigenvalue weighted by molar-refractivity contribution is -0.129. The van der Waals surface area contributed by atoms with E-state index < -0.39 is 0 Å². The van der Waals surface area contributed by atoms with Gasteiger partial charge >= 0.3 is 0 Å². The highest BCUT2D eigenvalue weighted by Gasteiger charge is 2.09. The zero-order valence-corrected chi connectivity index (χ0v) is 15.7. The molecule has 3 aromatic rings. The lowest BCUT2D eigenvalue weighted by Crippen LogP contribution is -2.33. The molecule has 0 aliphatic carbocycles. The van der Waals surface area contributed by atoms with Crippen molar-refractivity contribution in [3.05, 3.63) is 70.9 Å². The molecule has 1 aromatic heterocycles. The number of hydrogen-bond acceptors (Lipinski definition) is 2. The third kappa shape index (κ3) is 5.59. The topological polar surface area (TPSA) is 74.0 Å². The highest BCUT2D eigenvalue weighted by Crippen LogP contribution is 2.17. The van der Waals surface area contributed by atoms with E-state index in [4.69, 9.17) is 11.6 Å². The van der Waals surface area contributed by atoms with Crippen molar-refractivity contribution >= 4 is 34.3 Å². The monoisotopic (exact) mass is 383 g/mol. The van der Waals surface area contributed by atoms with Gasteiger partial charge in [-0.3, -0.25) is 9.59 Å². The highest BCUT2D eigenvalue weighted by molar-refractivity contribution is 6.30. The van der Waals surface area contributed by atoms with Crippen LogP contribution in [-0.4, -0.2) is 29.9 Å². The average molecular weight is 384 g/mol. The molecule has 2 amide bonds. The summed E-state index contributed by atoms with van der Waals surface area (Å²) in [5, 5.41) is 7.40. The van der Waals surface area contributed by atoms with Gasteiger partial charge in [-0.05, 0) is 42.2 Å². The standard InChI is InChI=1S/C21H22ClN3O2/c22-17-5-3-4-15(12-17)8-10-23-20(26)13-21(27)24-11-9-16-14-25-19-7-2-1-6-18(16)19/h1-7,12,14,25H,8-11,13H2,(H,23,26)(H,24,27). The number of hydrogen-bond donors (Lipinski definition) is 3. The Hall–Kier alpha value is -2.79. The Kier molecular flexibility index (Phi) is 6.49. The van der Waals surface area contributed by atoms with Gasteiger partial charge in [-0.1, -0.05) is 41.9 Å². The van der Waals surface area contributed by atoms with E-state index in [1.54, 1.807) is 0 Å². The molecule has 0 spiro atoms. The first-order chi connectivity index (χ1) is 13.1. The lowest BCUT2D eigenvalue weighted by Gasteiger charge is -2.07. The molecule has 0 fully saturated rings. The third-order valence-electron chi connectivity index (χ3n) is 4.34. The van der Waals surface area contributed by atoms with Crippen LogP contribution in [-0.2, 0) is 22.4 Å². The highest BCUT2D eigenvalue weighted by atomic mass is 35.5. The molecule has 0 saturated carbocycles. The van der Waals surface area contributed by atoms with Crippen molar-refractivity contribution in [2.75, 3.05) is 13.1 Å². The van der Waals surface area contributed by atoms with E-state index in [9.17, 15) is 9.59 Å². The van der Waals surface area contributed by atoms with Crippen molar-refractivity contribution in [3.8, 4) is 0 Å². The summed E-state index contributed by atoms with van der Waals surface area (Å²) < 4.78 is 0. The number of halogens is 1. The van der Waals surface area contributed by atoms with Crippen molar-refractivity contribution in [2.24, 2.45) is 0 Å². The summed E-state index contributed by atoms with van der Waals surface area (Å²) in [6.45, 7) is 0.971. The Balaban J connectivity index is 1.35. The second-order valence-corrected chi connectivity index (χ2v) is 6.80. The van der Waals surface area contributed by atoms with Crippen LogP contribution in [0.15, 0.2) is 54.7 Å². The predicted octanol–water partition coefficient (Wildman–Crippen LogP) is 3.23. The minimum absolute atomic E-state index is 0.163. The maximum absolute atomic E-state index is 11.9. The largest absolute Gasteiger partial charge is 0.361 e. The van der Waals surface area contributed by atoms with Crippen LogP contribution >= 0.6 is 11.6 Å². The fraction of sp³-hybridized carbons (Fsp3) is 0.238. The Labute approximate surface area is 163 Å². The van der Waals surface area contributed by atoms with Gasteiger partial charge in [0.1, 0.15) is 6.42 Å². The van der Waals surface area contributed by atoms with Gasteiger partial charge < -0.3 is 15.6 Å². The molecular weight excluding hydrogens is 362 g/mol. The van der Waals surface area contributed by atoms with Crippen LogP contribution in [0.5, 0.6) is 0 Å². The Bertz CT molecular complexity index is 936. The van der Waals surface area contributed by atoms with Gasteiger partial charge in [-0.2, -0.15) is 0 Å². The molecule has 2 aromatic carbocycles. The van der Waals surface area contributed by atoms with Crippen LogP contribution in [0.4, 0.5) is 0 Å². The van der Waals surface area contributed by atoms with Gasteiger partial charge in [0.25, 0.3) is 0 Å². The minimum Gasteiger partial charge on any atom is -0.361 e. The van der Waals surface area contributed by atoms with Crippen LogP contribution < -0.4 is 10.6 Å². The molecule has 0 bridgehead atoms. The van der Waals surface area contributed by atoms with Gasteiger partial charge in [-0.25, -0.2) is 0 Å². The van der Waals surface area contributed by atoms with Crippen LogP contribution in [0.3, 0.4) is 0 Å². The van der Waals surface area contributed by atoms with Gasteiger partial charge in [0, 0.05) is 35.2 Å². The number of H-pyrrole nitrogens is 1. The summed E-state index contributed by atoms with van der Waals surface area (Å²) in [6, 6.07) is 15.5. The van der Waals surface area contributed by atoms with Crippen molar-refractivity contribution in [1.29, 1.82) is 0 Å². The number of carbonyl (C=O) groups excluding carboxylic acids is 2. The lowest BCUT2D eigenvalue weighted by atomic mass is 10.1. The second-order valence-electron chi connectivity index (χ2n) is 6.37. The first-order valence-corrected chi connectivity index (χ1v) is 9.32. The number of benzene rings is 2. The Morgan fingerprint density at radius 1 is 0.926 bits per heavy atom. The van der Waals surface area contributed by atoms with E-state index in [1.807, 2.05) is 48.7 Å². The quantitative estimate of drug-likeness (QED) is 0.522. The molecule has 1 heterocycles. The number of aromatic amines is 1. The number of rotatable bonds is 8. The summed E-state index contributed by atoms with van der Waals surface area (Å²) >= 11 is 5.93. The summed E-state index contributed by atoms with van der Waals surface area (Å²) in [4.78, 5) is 27.0. The maximum Gasteiger partial charge on any atom is 0.229 e. The van der Waals surface area contributed by atoms with Crippen molar-refractivity contribution in [2.45, 2.75) is 19.3 Å². The average Bonchev–Trinajstić information content (AvgIpc) is 3.05. The molecule has 0 radical (unpaired) electrons. The number of amides is 2. The van der Waals surface area contributed by atoms with E-state index in [0.29, 0.717) is 31.0 Å². The molecule has 0 aliphatic heterocycles. The second kappa shape index (κ2) is 9.24. The fourth-order valence-electron chi connectivity index (χ4n) is 2.98. The number of para-hydroxylation sites is 1. The summed E-state index contributed by atoms with van der Waals surface area (Å²) in [5.74, 6) is -0.545. The molecule has 0 atom stereocenters. The van der Waals surface area contributed by atoms with Crippen molar-refractivity contribution in [1.82, 2.24) is 15.6 Å². The van der Waals surface area contributed by atoms with Crippen LogP contribution in [0.25, 0.3) is 10.9 Å². The van der Waals surface area contributed by atoms with Gasteiger partial charge in [0.2, 0.25) is 11.8 Å². The van der Waals surface area contributed by atoms with E-state index in [0.717, 1.165) is 22.0 Å². The number of fused-ring (bicyclic) bond motifs is 1. The number of aromatic nitrogens is 1. The van der Waals surface area contributed by atoms with E-state index in [1.165, 1.54) is 0 Å². The molecule has 140 valence electrons. The van der Waals surface area contributed by atoms with E-state index in [-0.39, 0.29) is 18.2 Å². The van der Waals surface area contributed by atoms with E-state index in [2.05, 4.69) is 21.7 Å². The molecular formula is C21H22ClN3O2. The molecule has 27 heavy (non-hydrogen) atoms. The Morgan fingerprint density at radius 3 is 2.44 bits per heavy atom. The number of nitrogens with one attached hydrogen (secondary N) is 3. The summed E-state index contributed by atoms with van der Waals surface area (Å²) in [7, 11) is 0. The Morgan fingerprint density at radius 2 is 1.67 bits per heavy atom. The smallest absolute Gasteiger partial charge is 0.229 e. The summed E-state index contributed by atoms with van der Waals surface area (Å²) in [5.41, 5.74) is 3.28. The predicted molar refractivity (Wildman–Crippen MR) is 108 cm³/mol. The zero-order chi connectivity index (χ0) is 19.1. The van der Waals surface area contributed by atoms with Gasteiger partial charge in [0.05, 0.1) is 0 Å². The first kappa shape index (κ1) is 19.0. The van der Waals surface area contributed by atoms with Crippen LogP contribution in [0.1, 0.15) is 17.5 Å².